The van der Waals surface area contributed by atoms with Gasteiger partial charge in [-0.15, -0.1) is 0 Å². The topological polar surface area (TPSA) is 29.9 Å². The van der Waals surface area contributed by atoms with Gasteiger partial charge in [-0.05, 0) is 24.6 Å². The number of imidazole rings is 1. The van der Waals surface area contributed by atoms with Crippen LogP contribution in [0.1, 0.15) is 16.8 Å². The molecule has 0 saturated carbocycles. The molecule has 0 aliphatic carbocycles. The summed E-state index contributed by atoms with van der Waals surface area (Å²) >= 11 is 0. The third-order valence-corrected chi connectivity index (χ3v) is 3.48. The van der Waals surface area contributed by atoms with Gasteiger partial charge in [0.25, 0.3) is 0 Å². The molecule has 1 N–H and O–H groups in total. The van der Waals surface area contributed by atoms with E-state index in [2.05, 4.69) is 10.3 Å². The van der Waals surface area contributed by atoms with Crippen molar-refractivity contribution >= 4 is 0 Å². The first-order valence-electron chi connectivity index (χ1n) is 6.40. The molecule has 106 valence electrons. The molecule has 1 aromatic heterocycles. The third-order valence-electron chi connectivity index (χ3n) is 3.48. The summed E-state index contributed by atoms with van der Waals surface area (Å²) in [6.45, 7) is 1.28. The highest BCUT2D eigenvalue weighted by atomic mass is 19.4. The molecule has 0 unspecified atom stereocenters. The van der Waals surface area contributed by atoms with Crippen LogP contribution in [0.4, 0.5) is 13.2 Å². The number of alkyl halides is 3. The number of hydrogen-bond acceptors (Lipinski definition) is 2. The molecule has 3 rings (SSSR count). The maximum absolute atomic E-state index is 12.7. The molecule has 0 fully saturated rings. The zero-order chi connectivity index (χ0) is 14.3. The fourth-order valence-corrected chi connectivity index (χ4v) is 2.56. The van der Waals surface area contributed by atoms with Gasteiger partial charge in [0.1, 0.15) is 5.82 Å². The monoisotopic (exact) mass is 281 g/mol. The number of aromatic nitrogens is 2. The Kier molecular flexibility index (Phi) is 3.05. The second-order valence-electron chi connectivity index (χ2n) is 4.91. The molecule has 0 atom stereocenters. The lowest BCUT2D eigenvalue weighted by molar-refractivity contribution is -0.140. The Morgan fingerprint density at radius 1 is 1.35 bits per heavy atom. The van der Waals surface area contributed by atoms with Crippen LogP contribution in [0.2, 0.25) is 0 Å². The van der Waals surface area contributed by atoms with Crippen molar-refractivity contribution in [3.05, 3.63) is 41.2 Å². The average molecular weight is 281 g/mol. The molecule has 6 heteroatoms. The van der Waals surface area contributed by atoms with Crippen LogP contribution in [0.5, 0.6) is 0 Å². The Morgan fingerprint density at radius 2 is 2.15 bits per heavy atom. The van der Waals surface area contributed by atoms with E-state index in [9.17, 15) is 13.2 Å². The van der Waals surface area contributed by atoms with Gasteiger partial charge in [-0.25, -0.2) is 4.98 Å². The molecule has 1 aliphatic heterocycles. The predicted molar refractivity (Wildman–Crippen MR) is 69.1 cm³/mol. The lowest BCUT2D eigenvalue weighted by Gasteiger charge is -2.18. The van der Waals surface area contributed by atoms with Gasteiger partial charge in [0.15, 0.2) is 5.69 Å². The first kappa shape index (κ1) is 13.2. The van der Waals surface area contributed by atoms with Gasteiger partial charge in [-0.1, -0.05) is 18.2 Å². The summed E-state index contributed by atoms with van der Waals surface area (Å²) in [7, 11) is 1.86. The van der Waals surface area contributed by atoms with E-state index >= 15 is 0 Å². The minimum absolute atomic E-state index is 0.412. The van der Waals surface area contributed by atoms with Crippen molar-refractivity contribution in [2.45, 2.75) is 25.7 Å². The minimum atomic E-state index is -4.39. The van der Waals surface area contributed by atoms with Gasteiger partial charge in [-0.3, -0.25) is 0 Å². The number of fused-ring (bicyclic) bond motifs is 3. The van der Waals surface area contributed by atoms with Crippen LogP contribution in [-0.4, -0.2) is 16.6 Å². The minimum Gasteiger partial charge on any atom is -0.330 e. The second-order valence-corrected chi connectivity index (χ2v) is 4.91. The summed E-state index contributed by atoms with van der Waals surface area (Å²) in [5.74, 6) is 0.412. The van der Waals surface area contributed by atoms with Gasteiger partial charge in [-0.2, -0.15) is 13.2 Å². The Hall–Kier alpha value is -1.82. The van der Waals surface area contributed by atoms with Gasteiger partial charge >= 0.3 is 6.18 Å². The molecule has 0 radical (unpaired) electrons. The number of halogens is 3. The maximum Gasteiger partial charge on any atom is 0.434 e. The zero-order valence-corrected chi connectivity index (χ0v) is 11.0. The van der Waals surface area contributed by atoms with Crippen LogP contribution in [0.3, 0.4) is 0 Å². The van der Waals surface area contributed by atoms with Gasteiger partial charge in [0.05, 0.1) is 0 Å². The van der Waals surface area contributed by atoms with E-state index in [-0.39, 0.29) is 0 Å². The largest absolute Gasteiger partial charge is 0.434 e. The predicted octanol–water partition coefficient (Wildman–Crippen LogP) is 2.84. The van der Waals surface area contributed by atoms with E-state index in [1.54, 1.807) is 4.57 Å². The summed E-state index contributed by atoms with van der Waals surface area (Å²) < 4.78 is 39.8. The molecule has 3 nitrogen and oxygen atoms in total. The van der Waals surface area contributed by atoms with E-state index in [1.165, 1.54) is 0 Å². The highest BCUT2D eigenvalue weighted by Gasteiger charge is 2.35. The number of benzene rings is 1. The van der Waals surface area contributed by atoms with Crippen molar-refractivity contribution in [3.8, 4) is 11.4 Å². The number of rotatable bonds is 2. The molecule has 1 aromatic carbocycles. The fraction of sp³-hybridized carbons (Fsp3) is 0.357. The standard InChI is InChI=1S/C14H14F3N3/c1-18-7-9-2-3-11-10(6-9)4-5-20-8-12(14(15,16)17)19-13(11)20/h2-3,6,8,18H,4-5,7H2,1H3. The fourth-order valence-electron chi connectivity index (χ4n) is 2.56. The Balaban J connectivity index is 2.05. The van der Waals surface area contributed by atoms with Crippen LogP contribution >= 0.6 is 0 Å². The van der Waals surface area contributed by atoms with Crippen LogP contribution in [0, 0.1) is 0 Å². The van der Waals surface area contributed by atoms with Gasteiger partial charge < -0.3 is 9.88 Å². The molecule has 2 heterocycles. The Bertz CT molecular complexity index is 644. The summed E-state index contributed by atoms with van der Waals surface area (Å²) in [5, 5.41) is 3.06. The van der Waals surface area contributed by atoms with Crippen molar-refractivity contribution < 1.29 is 13.2 Å². The van der Waals surface area contributed by atoms with Crippen LogP contribution < -0.4 is 5.32 Å². The molecule has 0 saturated heterocycles. The SMILES string of the molecule is CNCc1ccc2c(c1)CCn1cc(C(F)(F)F)nc1-2. The number of hydrogen-bond donors (Lipinski definition) is 1. The first-order chi connectivity index (χ1) is 9.49. The quantitative estimate of drug-likeness (QED) is 0.917. The van der Waals surface area contributed by atoms with E-state index in [0.29, 0.717) is 12.4 Å². The molecular weight excluding hydrogens is 267 g/mol. The van der Waals surface area contributed by atoms with Crippen LogP contribution in [0.25, 0.3) is 11.4 Å². The summed E-state index contributed by atoms with van der Waals surface area (Å²) in [4.78, 5) is 3.76. The van der Waals surface area contributed by atoms with Crippen LogP contribution in [-0.2, 0) is 25.7 Å². The van der Waals surface area contributed by atoms with E-state index in [4.69, 9.17) is 0 Å². The molecule has 20 heavy (non-hydrogen) atoms. The van der Waals surface area contributed by atoms with E-state index in [0.717, 1.165) is 35.9 Å². The number of aryl methyl sites for hydroxylation is 2. The summed E-state index contributed by atoms with van der Waals surface area (Å²) in [5.41, 5.74) is 2.16. The van der Waals surface area contributed by atoms with E-state index in [1.807, 2.05) is 25.2 Å². The van der Waals surface area contributed by atoms with E-state index < -0.39 is 11.9 Å². The molecule has 2 aromatic rings. The Labute approximate surface area is 114 Å². The lowest BCUT2D eigenvalue weighted by atomic mass is 9.98. The van der Waals surface area contributed by atoms with Gasteiger partial charge in [0, 0.05) is 24.8 Å². The molecule has 0 amide bonds. The number of nitrogens with one attached hydrogen (secondary N) is 1. The molecular formula is C14H14F3N3. The van der Waals surface area contributed by atoms with Crippen molar-refractivity contribution in [1.82, 2.24) is 14.9 Å². The maximum atomic E-state index is 12.7. The van der Waals surface area contributed by atoms with Crippen LogP contribution in [0.15, 0.2) is 24.4 Å². The molecule has 0 bridgehead atoms. The molecule has 0 spiro atoms. The summed E-state index contributed by atoms with van der Waals surface area (Å²) in [6, 6.07) is 5.82. The normalized spacial score (nSPS) is 14.0. The first-order valence-corrected chi connectivity index (χ1v) is 6.40. The van der Waals surface area contributed by atoms with Crippen molar-refractivity contribution in [2.75, 3.05) is 7.05 Å². The molecule has 1 aliphatic rings. The second kappa shape index (κ2) is 4.63. The number of nitrogens with zero attached hydrogens (tertiary/aromatic N) is 2. The Morgan fingerprint density at radius 3 is 2.85 bits per heavy atom. The highest BCUT2D eigenvalue weighted by molar-refractivity contribution is 5.63. The highest BCUT2D eigenvalue weighted by Crippen LogP contribution is 2.34. The average Bonchev–Trinajstić information content (AvgIpc) is 2.83. The van der Waals surface area contributed by atoms with Crippen molar-refractivity contribution in [1.29, 1.82) is 0 Å². The van der Waals surface area contributed by atoms with Crippen molar-refractivity contribution in [2.24, 2.45) is 0 Å². The lowest BCUT2D eigenvalue weighted by Crippen LogP contribution is -2.12. The third kappa shape index (κ3) is 2.20. The smallest absolute Gasteiger partial charge is 0.330 e. The zero-order valence-electron chi connectivity index (χ0n) is 11.0. The van der Waals surface area contributed by atoms with Gasteiger partial charge in [0.2, 0.25) is 0 Å². The van der Waals surface area contributed by atoms with Crippen molar-refractivity contribution in [3.63, 3.8) is 0 Å². The summed E-state index contributed by atoms with van der Waals surface area (Å²) in [6.07, 6.45) is -2.57.